The molecule has 2 heterocycles. The van der Waals surface area contributed by atoms with Gasteiger partial charge in [0.25, 0.3) is 0 Å². The Labute approximate surface area is 87.1 Å². The van der Waals surface area contributed by atoms with Gasteiger partial charge in [0.15, 0.2) is 5.82 Å². The molecule has 0 spiro atoms. The van der Waals surface area contributed by atoms with Crippen LogP contribution in [0.5, 0.6) is 0 Å². The molecule has 0 aliphatic carbocycles. The maximum Gasteiger partial charge on any atom is 0.155 e. The van der Waals surface area contributed by atoms with Crippen molar-refractivity contribution in [3.63, 3.8) is 0 Å². The van der Waals surface area contributed by atoms with Crippen LogP contribution in [0.25, 0.3) is 5.82 Å². The Morgan fingerprint density at radius 3 is 2.50 bits per heavy atom. The third kappa shape index (κ3) is 1.23. The molecule has 0 unspecified atom stereocenters. The molecule has 0 saturated carbocycles. The lowest BCUT2D eigenvalue weighted by Gasteiger charge is -2.05. The Bertz CT molecular complexity index is 469. The van der Waals surface area contributed by atoms with Crippen LogP contribution in [0.15, 0.2) is 12.4 Å². The lowest BCUT2D eigenvalue weighted by molar-refractivity contribution is 0.715. The molecule has 4 nitrogen and oxygen atoms in total. The molecule has 0 radical (unpaired) electrons. The predicted molar refractivity (Wildman–Crippen MR) is 54.8 cm³/mol. The van der Waals surface area contributed by atoms with Gasteiger partial charge in [-0.1, -0.05) is 11.6 Å². The van der Waals surface area contributed by atoms with Crippen LogP contribution in [-0.2, 0) is 7.05 Å². The van der Waals surface area contributed by atoms with Crippen molar-refractivity contribution in [3.05, 3.63) is 28.9 Å². The first-order valence-electron chi connectivity index (χ1n) is 4.30. The van der Waals surface area contributed by atoms with Gasteiger partial charge < -0.3 is 0 Å². The topological polar surface area (TPSA) is 35.6 Å². The Kier molecular flexibility index (Phi) is 2.07. The molecule has 14 heavy (non-hydrogen) atoms. The second-order valence-electron chi connectivity index (χ2n) is 3.19. The van der Waals surface area contributed by atoms with E-state index in [1.807, 2.05) is 31.7 Å². The fraction of sp³-hybridized carbons (Fsp3) is 0.333. The summed E-state index contributed by atoms with van der Waals surface area (Å²) >= 11 is 6.15. The van der Waals surface area contributed by atoms with Gasteiger partial charge in [0, 0.05) is 19.4 Å². The second-order valence-corrected chi connectivity index (χ2v) is 3.57. The first-order chi connectivity index (χ1) is 6.61. The van der Waals surface area contributed by atoms with E-state index in [-0.39, 0.29) is 0 Å². The monoisotopic (exact) mass is 210 g/mol. The highest BCUT2D eigenvalue weighted by Crippen LogP contribution is 2.23. The van der Waals surface area contributed by atoms with Crippen LogP contribution in [-0.4, -0.2) is 19.3 Å². The molecule has 0 aliphatic rings. The fourth-order valence-electron chi connectivity index (χ4n) is 1.48. The molecule has 0 saturated heterocycles. The zero-order valence-corrected chi connectivity index (χ0v) is 9.08. The summed E-state index contributed by atoms with van der Waals surface area (Å²) in [6.45, 7) is 3.82. The van der Waals surface area contributed by atoms with Crippen molar-refractivity contribution in [2.45, 2.75) is 13.8 Å². The smallest absolute Gasteiger partial charge is 0.155 e. The Morgan fingerprint density at radius 1 is 1.36 bits per heavy atom. The third-order valence-electron chi connectivity index (χ3n) is 2.17. The maximum absolute atomic E-state index is 6.15. The SMILES string of the molecule is Cc1nn(C)c(-n2ccnc2C)c1Cl. The lowest BCUT2D eigenvalue weighted by atomic mass is 10.4. The summed E-state index contributed by atoms with van der Waals surface area (Å²) in [5, 5.41) is 4.92. The molecule has 74 valence electrons. The van der Waals surface area contributed by atoms with Crippen LogP contribution < -0.4 is 0 Å². The molecule has 0 N–H and O–H groups in total. The van der Waals surface area contributed by atoms with Crippen LogP contribution in [0.3, 0.4) is 0 Å². The fourth-order valence-corrected chi connectivity index (χ4v) is 1.73. The number of imidazole rings is 1. The number of nitrogens with zero attached hydrogens (tertiary/aromatic N) is 4. The molecule has 0 aromatic carbocycles. The molecule has 5 heteroatoms. The van der Waals surface area contributed by atoms with Crippen molar-refractivity contribution < 1.29 is 0 Å². The molecule has 0 bridgehead atoms. The molecule has 0 atom stereocenters. The second kappa shape index (κ2) is 3.13. The summed E-state index contributed by atoms with van der Waals surface area (Å²) in [7, 11) is 1.87. The van der Waals surface area contributed by atoms with E-state index in [1.165, 1.54) is 0 Å². The van der Waals surface area contributed by atoms with Crippen LogP contribution in [0.4, 0.5) is 0 Å². The van der Waals surface area contributed by atoms with Gasteiger partial charge in [-0.3, -0.25) is 9.25 Å². The van der Waals surface area contributed by atoms with Gasteiger partial charge in [-0.05, 0) is 13.8 Å². The van der Waals surface area contributed by atoms with Crippen LogP contribution in [0, 0.1) is 13.8 Å². The van der Waals surface area contributed by atoms with E-state index < -0.39 is 0 Å². The van der Waals surface area contributed by atoms with E-state index in [2.05, 4.69) is 10.1 Å². The van der Waals surface area contributed by atoms with Crippen LogP contribution >= 0.6 is 11.6 Å². The summed E-state index contributed by atoms with van der Waals surface area (Å²) in [6.07, 6.45) is 3.62. The summed E-state index contributed by atoms with van der Waals surface area (Å²) in [5.41, 5.74) is 0.831. The van der Waals surface area contributed by atoms with Crippen molar-refractivity contribution in [2.75, 3.05) is 0 Å². The van der Waals surface area contributed by atoms with E-state index in [0.717, 1.165) is 17.3 Å². The van der Waals surface area contributed by atoms with Gasteiger partial charge in [-0.15, -0.1) is 0 Å². The van der Waals surface area contributed by atoms with Crippen molar-refractivity contribution in [1.82, 2.24) is 19.3 Å². The van der Waals surface area contributed by atoms with E-state index in [0.29, 0.717) is 5.02 Å². The Balaban J connectivity index is 2.68. The van der Waals surface area contributed by atoms with Crippen LogP contribution in [0.2, 0.25) is 5.02 Å². The maximum atomic E-state index is 6.15. The van der Waals surface area contributed by atoms with Gasteiger partial charge in [0.1, 0.15) is 10.8 Å². The van der Waals surface area contributed by atoms with Gasteiger partial charge in [0.05, 0.1) is 5.69 Å². The number of hydrogen-bond donors (Lipinski definition) is 0. The zero-order valence-electron chi connectivity index (χ0n) is 8.32. The highest BCUT2D eigenvalue weighted by atomic mass is 35.5. The summed E-state index contributed by atoms with van der Waals surface area (Å²) in [4.78, 5) is 4.15. The number of halogens is 1. The molecule has 2 rings (SSSR count). The van der Waals surface area contributed by atoms with E-state index in [4.69, 9.17) is 11.6 Å². The summed E-state index contributed by atoms with van der Waals surface area (Å²) < 4.78 is 3.68. The van der Waals surface area contributed by atoms with E-state index >= 15 is 0 Å². The number of hydrogen-bond acceptors (Lipinski definition) is 2. The van der Waals surface area contributed by atoms with Gasteiger partial charge in [0.2, 0.25) is 0 Å². The number of aromatic nitrogens is 4. The van der Waals surface area contributed by atoms with Gasteiger partial charge in [-0.25, -0.2) is 4.98 Å². The minimum Gasteiger partial charge on any atom is -0.287 e. The first-order valence-corrected chi connectivity index (χ1v) is 4.68. The third-order valence-corrected chi connectivity index (χ3v) is 2.62. The largest absolute Gasteiger partial charge is 0.287 e. The zero-order chi connectivity index (χ0) is 10.3. The predicted octanol–water partition coefficient (Wildman–Crippen LogP) is 1.88. The van der Waals surface area contributed by atoms with Gasteiger partial charge >= 0.3 is 0 Å². The first kappa shape index (κ1) is 9.27. The average Bonchev–Trinajstić information content (AvgIpc) is 2.60. The Morgan fingerprint density at radius 2 is 2.07 bits per heavy atom. The van der Waals surface area contributed by atoms with Crippen molar-refractivity contribution in [2.24, 2.45) is 7.05 Å². The normalized spacial score (nSPS) is 10.9. The highest BCUT2D eigenvalue weighted by Gasteiger charge is 2.13. The number of aryl methyl sites for hydroxylation is 3. The van der Waals surface area contributed by atoms with E-state index in [9.17, 15) is 0 Å². The standard InChI is InChI=1S/C9H11ClN4/c1-6-8(10)9(13(3)12-6)14-5-4-11-7(14)2/h4-5H,1-3H3. The summed E-state index contributed by atoms with van der Waals surface area (Å²) in [6, 6.07) is 0. The van der Waals surface area contributed by atoms with Gasteiger partial charge in [-0.2, -0.15) is 5.10 Å². The van der Waals surface area contributed by atoms with Crippen molar-refractivity contribution >= 4 is 11.6 Å². The van der Waals surface area contributed by atoms with Crippen molar-refractivity contribution in [1.29, 1.82) is 0 Å². The molecular formula is C9H11ClN4. The molecule has 0 fully saturated rings. The molecule has 2 aromatic heterocycles. The Hall–Kier alpha value is -1.29. The minimum atomic E-state index is 0.675. The molecular weight excluding hydrogens is 200 g/mol. The number of rotatable bonds is 1. The van der Waals surface area contributed by atoms with Crippen LogP contribution in [0.1, 0.15) is 11.5 Å². The lowest BCUT2D eigenvalue weighted by Crippen LogP contribution is -2.03. The minimum absolute atomic E-state index is 0.675. The summed E-state index contributed by atoms with van der Waals surface area (Å²) in [5.74, 6) is 1.76. The highest BCUT2D eigenvalue weighted by molar-refractivity contribution is 6.32. The average molecular weight is 211 g/mol. The molecule has 0 aliphatic heterocycles. The van der Waals surface area contributed by atoms with E-state index in [1.54, 1.807) is 10.9 Å². The molecule has 2 aromatic rings. The van der Waals surface area contributed by atoms with Crippen molar-refractivity contribution in [3.8, 4) is 5.82 Å². The molecule has 0 amide bonds. The quantitative estimate of drug-likeness (QED) is 0.721.